The number of hydrogen-bond donors (Lipinski definition) is 3. The Labute approximate surface area is 168 Å². The molecule has 0 bridgehead atoms. The van der Waals surface area contributed by atoms with Gasteiger partial charge in [0.2, 0.25) is 5.91 Å². The Morgan fingerprint density at radius 3 is 2.50 bits per heavy atom. The second-order valence-corrected chi connectivity index (χ2v) is 8.20. The van der Waals surface area contributed by atoms with Crippen molar-refractivity contribution in [1.82, 2.24) is 16.2 Å². The number of amides is 3. The Bertz CT molecular complexity index is 827. The summed E-state index contributed by atoms with van der Waals surface area (Å²) in [5.74, 6) is -1.25. The number of hydrazine groups is 1. The fourth-order valence-corrected chi connectivity index (χ4v) is 3.83. The fourth-order valence-electron chi connectivity index (χ4n) is 1.76. The first kappa shape index (κ1) is 20.6. The molecule has 3 N–H and O–H groups in total. The first-order valence-corrected chi connectivity index (χ1v) is 9.91. The number of halogens is 2. The van der Waals surface area contributed by atoms with Crippen LogP contribution in [0.3, 0.4) is 0 Å². The van der Waals surface area contributed by atoms with Crippen molar-refractivity contribution in [3.63, 3.8) is 0 Å². The van der Waals surface area contributed by atoms with Crippen molar-refractivity contribution in [2.75, 3.05) is 12.3 Å². The molecule has 10 heteroatoms. The van der Waals surface area contributed by atoms with Crippen LogP contribution in [0.15, 0.2) is 35.2 Å². The molecule has 0 unspecified atom stereocenters. The van der Waals surface area contributed by atoms with E-state index >= 15 is 0 Å². The standard InChI is InChI=1S/C16H15Cl2N3O3S2/c1-9-2-5-12(26-9)16(24)19-7-14(22)20-21-15(23)8-25-13-6-10(17)3-4-11(13)18/h2-6H,7-8H2,1H3,(H,19,24)(H,20,22)(H,21,23). The van der Waals surface area contributed by atoms with Gasteiger partial charge in [-0.25, -0.2) is 0 Å². The average molecular weight is 432 g/mol. The summed E-state index contributed by atoms with van der Waals surface area (Å²) in [5, 5.41) is 3.48. The Morgan fingerprint density at radius 1 is 1.08 bits per heavy atom. The van der Waals surface area contributed by atoms with Gasteiger partial charge in [0.05, 0.1) is 22.2 Å². The lowest BCUT2D eigenvalue weighted by Gasteiger charge is -2.08. The molecule has 0 radical (unpaired) electrons. The summed E-state index contributed by atoms with van der Waals surface area (Å²) >= 11 is 14.4. The summed E-state index contributed by atoms with van der Waals surface area (Å²) in [6.07, 6.45) is 0. The summed E-state index contributed by atoms with van der Waals surface area (Å²) in [6.45, 7) is 1.64. The van der Waals surface area contributed by atoms with Crippen LogP contribution in [0.5, 0.6) is 0 Å². The molecular weight excluding hydrogens is 417 g/mol. The highest BCUT2D eigenvalue weighted by Crippen LogP contribution is 2.29. The van der Waals surface area contributed by atoms with Gasteiger partial charge in [0, 0.05) is 14.8 Å². The monoisotopic (exact) mass is 431 g/mol. The van der Waals surface area contributed by atoms with E-state index in [1.54, 1.807) is 24.3 Å². The van der Waals surface area contributed by atoms with E-state index in [0.717, 1.165) is 4.88 Å². The van der Waals surface area contributed by atoms with E-state index in [4.69, 9.17) is 23.2 Å². The van der Waals surface area contributed by atoms with Crippen molar-refractivity contribution in [1.29, 1.82) is 0 Å². The number of benzene rings is 1. The van der Waals surface area contributed by atoms with Gasteiger partial charge in [-0.3, -0.25) is 25.2 Å². The number of thiophene rings is 1. The zero-order valence-electron chi connectivity index (χ0n) is 13.6. The third-order valence-corrected chi connectivity index (χ3v) is 5.70. The molecule has 1 heterocycles. The molecule has 26 heavy (non-hydrogen) atoms. The maximum atomic E-state index is 11.8. The van der Waals surface area contributed by atoms with Crippen molar-refractivity contribution >= 4 is 64.0 Å². The molecule has 2 aromatic rings. The van der Waals surface area contributed by atoms with Gasteiger partial charge in [0.15, 0.2) is 0 Å². The van der Waals surface area contributed by atoms with Crippen LogP contribution in [0.2, 0.25) is 10.0 Å². The van der Waals surface area contributed by atoms with Gasteiger partial charge in [-0.2, -0.15) is 0 Å². The van der Waals surface area contributed by atoms with E-state index in [2.05, 4.69) is 16.2 Å². The van der Waals surface area contributed by atoms with Crippen LogP contribution in [-0.4, -0.2) is 30.0 Å². The van der Waals surface area contributed by atoms with Gasteiger partial charge in [-0.15, -0.1) is 23.1 Å². The molecule has 0 atom stereocenters. The highest BCUT2D eigenvalue weighted by atomic mass is 35.5. The van der Waals surface area contributed by atoms with E-state index in [-0.39, 0.29) is 18.2 Å². The third kappa shape index (κ3) is 6.53. The predicted octanol–water partition coefficient (Wildman–Crippen LogP) is 3.03. The third-order valence-electron chi connectivity index (χ3n) is 2.97. The number of thioether (sulfide) groups is 1. The Morgan fingerprint density at radius 2 is 1.81 bits per heavy atom. The van der Waals surface area contributed by atoms with Crippen LogP contribution >= 0.6 is 46.3 Å². The molecule has 0 spiro atoms. The Hall–Kier alpha value is -1.74. The van der Waals surface area contributed by atoms with Gasteiger partial charge in [0.25, 0.3) is 11.8 Å². The average Bonchev–Trinajstić information content (AvgIpc) is 3.05. The minimum Gasteiger partial charge on any atom is -0.342 e. The number of rotatable bonds is 6. The maximum Gasteiger partial charge on any atom is 0.261 e. The molecule has 1 aromatic carbocycles. The van der Waals surface area contributed by atoms with Crippen LogP contribution in [-0.2, 0) is 9.59 Å². The van der Waals surface area contributed by atoms with E-state index in [0.29, 0.717) is 19.8 Å². The van der Waals surface area contributed by atoms with Crippen LogP contribution in [0.25, 0.3) is 0 Å². The van der Waals surface area contributed by atoms with Gasteiger partial charge in [0.1, 0.15) is 0 Å². The van der Waals surface area contributed by atoms with E-state index < -0.39 is 11.8 Å². The predicted molar refractivity (Wildman–Crippen MR) is 105 cm³/mol. The second kappa shape index (κ2) is 9.82. The fraction of sp³-hybridized carbons (Fsp3) is 0.188. The summed E-state index contributed by atoms with van der Waals surface area (Å²) in [5.41, 5.74) is 4.50. The molecule has 0 aliphatic heterocycles. The summed E-state index contributed by atoms with van der Waals surface area (Å²) in [7, 11) is 0. The number of nitrogens with one attached hydrogen (secondary N) is 3. The number of carbonyl (C=O) groups is 3. The molecular formula is C16H15Cl2N3O3S2. The van der Waals surface area contributed by atoms with Crippen LogP contribution in [0, 0.1) is 6.92 Å². The molecule has 0 saturated heterocycles. The lowest BCUT2D eigenvalue weighted by atomic mass is 10.4. The van der Waals surface area contributed by atoms with Crippen molar-refractivity contribution in [3.8, 4) is 0 Å². The molecule has 0 aliphatic rings. The minimum absolute atomic E-state index is 0.0428. The van der Waals surface area contributed by atoms with Gasteiger partial charge in [-0.1, -0.05) is 23.2 Å². The summed E-state index contributed by atoms with van der Waals surface area (Å²) in [4.78, 5) is 37.5. The van der Waals surface area contributed by atoms with E-state index in [1.807, 2.05) is 13.0 Å². The molecule has 0 aliphatic carbocycles. The topological polar surface area (TPSA) is 87.3 Å². The van der Waals surface area contributed by atoms with Gasteiger partial charge >= 0.3 is 0 Å². The Kier molecular flexibility index (Phi) is 7.77. The highest BCUT2D eigenvalue weighted by molar-refractivity contribution is 8.00. The van der Waals surface area contributed by atoms with Crippen molar-refractivity contribution in [2.45, 2.75) is 11.8 Å². The number of aryl methyl sites for hydroxylation is 1. The largest absolute Gasteiger partial charge is 0.342 e. The van der Waals surface area contributed by atoms with Crippen molar-refractivity contribution in [2.24, 2.45) is 0 Å². The summed E-state index contributed by atoms with van der Waals surface area (Å²) < 4.78 is 0. The smallest absolute Gasteiger partial charge is 0.261 e. The van der Waals surface area contributed by atoms with Crippen molar-refractivity contribution in [3.05, 3.63) is 50.1 Å². The first-order chi connectivity index (χ1) is 12.3. The van der Waals surface area contributed by atoms with Gasteiger partial charge in [-0.05, 0) is 37.3 Å². The molecule has 2 rings (SSSR count). The summed E-state index contributed by atoms with van der Waals surface area (Å²) in [6, 6.07) is 8.46. The second-order valence-electron chi connectivity index (χ2n) is 5.05. The zero-order valence-corrected chi connectivity index (χ0v) is 16.7. The molecule has 138 valence electrons. The van der Waals surface area contributed by atoms with E-state index in [1.165, 1.54) is 23.1 Å². The van der Waals surface area contributed by atoms with Crippen LogP contribution in [0.4, 0.5) is 0 Å². The molecule has 0 fully saturated rings. The maximum absolute atomic E-state index is 11.8. The van der Waals surface area contributed by atoms with Crippen LogP contribution in [0.1, 0.15) is 14.5 Å². The van der Waals surface area contributed by atoms with Gasteiger partial charge < -0.3 is 5.32 Å². The first-order valence-electron chi connectivity index (χ1n) is 7.35. The molecule has 1 aromatic heterocycles. The SMILES string of the molecule is Cc1ccc(C(=O)NCC(=O)NNC(=O)CSc2cc(Cl)ccc2Cl)s1. The minimum atomic E-state index is -0.536. The lowest BCUT2D eigenvalue weighted by molar-refractivity contribution is -0.127. The van der Waals surface area contributed by atoms with Crippen LogP contribution < -0.4 is 16.2 Å². The zero-order chi connectivity index (χ0) is 19.1. The number of carbonyl (C=O) groups excluding carboxylic acids is 3. The molecule has 3 amide bonds. The quantitative estimate of drug-likeness (QED) is 0.484. The molecule has 6 nitrogen and oxygen atoms in total. The Balaban J connectivity index is 1.69. The van der Waals surface area contributed by atoms with E-state index in [9.17, 15) is 14.4 Å². The van der Waals surface area contributed by atoms with Crippen molar-refractivity contribution < 1.29 is 14.4 Å². The number of hydrogen-bond acceptors (Lipinski definition) is 5. The lowest BCUT2D eigenvalue weighted by Crippen LogP contribution is -2.46. The normalized spacial score (nSPS) is 10.3. The molecule has 0 saturated carbocycles. The highest BCUT2D eigenvalue weighted by Gasteiger charge is 2.11.